The Kier molecular flexibility index (Phi) is 10.4. The van der Waals surface area contributed by atoms with Gasteiger partial charge in [-0.15, -0.1) is 0 Å². The van der Waals surface area contributed by atoms with E-state index in [4.69, 9.17) is 0 Å². The molecule has 31 heavy (non-hydrogen) atoms. The van der Waals surface area contributed by atoms with Crippen molar-refractivity contribution in [3.8, 4) is 0 Å². The maximum atomic E-state index is 11.5. The highest BCUT2D eigenvalue weighted by Gasteiger charge is 2.47. The van der Waals surface area contributed by atoms with Gasteiger partial charge in [0.1, 0.15) is 0 Å². The van der Waals surface area contributed by atoms with Crippen molar-refractivity contribution in [3.63, 3.8) is 0 Å². The standard InChI is InChI=1S/C24H33NO6/c1-31-24(28)12-8-3-2-7-11-21-20(22(25(29)30)17-23(21)27)16-15-19(26)14-13-18-9-5-4-6-10-18/h2,4-7,9-10,15-16,19-23,26-27H,3,8,11-14,17H2,1H3/b7-2-,16-15+/t19-,20+,21+,22+,23-/m0/s1. The van der Waals surface area contributed by atoms with Crippen molar-refractivity contribution in [2.24, 2.45) is 11.8 Å². The highest BCUT2D eigenvalue weighted by atomic mass is 16.6. The molecule has 0 unspecified atom stereocenters. The third-order valence-corrected chi connectivity index (χ3v) is 5.87. The molecule has 0 saturated heterocycles. The minimum absolute atomic E-state index is 0.114. The molecule has 2 rings (SSSR count). The fraction of sp³-hybridized carbons (Fsp3) is 0.542. The number of carbonyl (C=O) groups excluding carboxylic acids is 1. The van der Waals surface area contributed by atoms with Crippen LogP contribution in [0.2, 0.25) is 0 Å². The summed E-state index contributed by atoms with van der Waals surface area (Å²) in [6.07, 6.45) is 9.35. The van der Waals surface area contributed by atoms with Crippen LogP contribution in [0.1, 0.15) is 44.1 Å². The maximum Gasteiger partial charge on any atom is 0.305 e. The molecule has 0 spiro atoms. The van der Waals surface area contributed by atoms with Crippen LogP contribution >= 0.6 is 0 Å². The molecular weight excluding hydrogens is 398 g/mol. The predicted octanol–water partition coefficient (Wildman–Crippen LogP) is 3.47. The van der Waals surface area contributed by atoms with Crippen LogP contribution in [0.25, 0.3) is 0 Å². The molecule has 1 fully saturated rings. The highest BCUT2D eigenvalue weighted by Crippen LogP contribution is 2.38. The molecule has 1 saturated carbocycles. The van der Waals surface area contributed by atoms with Gasteiger partial charge in [-0.3, -0.25) is 14.9 Å². The fourth-order valence-electron chi connectivity index (χ4n) is 4.08. The highest BCUT2D eigenvalue weighted by molar-refractivity contribution is 5.69. The molecule has 7 heteroatoms. The van der Waals surface area contributed by atoms with E-state index in [-0.39, 0.29) is 23.2 Å². The Labute approximate surface area is 183 Å². The van der Waals surface area contributed by atoms with E-state index in [1.807, 2.05) is 42.5 Å². The van der Waals surface area contributed by atoms with Crippen LogP contribution in [0.3, 0.4) is 0 Å². The summed E-state index contributed by atoms with van der Waals surface area (Å²) in [5.74, 6) is -0.953. The Hall–Kier alpha value is -2.51. The monoisotopic (exact) mass is 431 g/mol. The largest absolute Gasteiger partial charge is 0.469 e. The zero-order valence-electron chi connectivity index (χ0n) is 18.0. The van der Waals surface area contributed by atoms with Crippen LogP contribution in [-0.2, 0) is 16.0 Å². The van der Waals surface area contributed by atoms with Gasteiger partial charge in [-0.2, -0.15) is 0 Å². The third-order valence-electron chi connectivity index (χ3n) is 5.87. The summed E-state index contributed by atoms with van der Waals surface area (Å²) in [5.41, 5.74) is 1.13. The number of rotatable bonds is 12. The van der Waals surface area contributed by atoms with E-state index in [9.17, 15) is 25.1 Å². The fourth-order valence-corrected chi connectivity index (χ4v) is 4.08. The number of carbonyl (C=O) groups is 1. The number of esters is 1. The van der Waals surface area contributed by atoms with Gasteiger partial charge in [0, 0.05) is 23.7 Å². The smallest absolute Gasteiger partial charge is 0.305 e. The van der Waals surface area contributed by atoms with Crippen LogP contribution < -0.4 is 0 Å². The molecule has 0 amide bonds. The van der Waals surface area contributed by atoms with Gasteiger partial charge >= 0.3 is 5.97 Å². The van der Waals surface area contributed by atoms with Gasteiger partial charge in [-0.05, 0) is 37.7 Å². The molecule has 1 aliphatic rings. The molecule has 1 aliphatic carbocycles. The van der Waals surface area contributed by atoms with Crippen molar-refractivity contribution >= 4 is 5.97 Å². The first-order valence-corrected chi connectivity index (χ1v) is 10.9. The number of aliphatic hydroxyl groups excluding tert-OH is 2. The summed E-state index contributed by atoms with van der Waals surface area (Å²) < 4.78 is 4.60. The summed E-state index contributed by atoms with van der Waals surface area (Å²) in [7, 11) is 1.36. The lowest BCUT2D eigenvalue weighted by Gasteiger charge is -2.18. The first kappa shape index (κ1) is 24.8. The summed E-state index contributed by atoms with van der Waals surface area (Å²) in [6.45, 7) is 0. The molecule has 0 heterocycles. The molecule has 0 aliphatic heterocycles. The number of allylic oxidation sites excluding steroid dienone is 2. The SMILES string of the molecule is COC(=O)CCC/C=C\C[C@@H]1[C@@H](/C=C/[C@@H](O)CCc2ccccc2)[C@H]([N+](=O)[O-])C[C@@H]1O. The van der Waals surface area contributed by atoms with Crippen molar-refractivity contribution in [3.05, 3.63) is 70.3 Å². The van der Waals surface area contributed by atoms with Crippen molar-refractivity contribution < 1.29 is 24.7 Å². The van der Waals surface area contributed by atoms with Crippen molar-refractivity contribution in [2.75, 3.05) is 7.11 Å². The minimum Gasteiger partial charge on any atom is -0.469 e. The van der Waals surface area contributed by atoms with E-state index in [1.165, 1.54) is 7.11 Å². The average Bonchev–Trinajstić information content (AvgIpc) is 3.09. The molecule has 1 aromatic carbocycles. The Balaban J connectivity index is 1.91. The van der Waals surface area contributed by atoms with Gasteiger partial charge in [0.15, 0.2) is 0 Å². The number of nitrogens with zero attached hydrogens (tertiary/aromatic N) is 1. The number of hydrogen-bond acceptors (Lipinski definition) is 6. The first-order valence-electron chi connectivity index (χ1n) is 10.9. The van der Waals surface area contributed by atoms with E-state index in [1.54, 1.807) is 12.2 Å². The van der Waals surface area contributed by atoms with Crippen LogP contribution in [0.5, 0.6) is 0 Å². The Morgan fingerprint density at radius 3 is 2.74 bits per heavy atom. The van der Waals surface area contributed by atoms with Crippen molar-refractivity contribution in [2.45, 2.75) is 63.2 Å². The second kappa shape index (κ2) is 13.0. The van der Waals surface area contributed by atoms with Crippen LogP contribution in [0, 0.1) is 22.0 Å². The molecule has 0 radical (unpaired) electrons. The lowest BCUT2D eigenvalue weighted by Crippen LogP contribution is -2.26. The van der Waals surface area contributed by atoms with E-state index in [2.05, 4.69) is 4.74 Å². The maximum absolute atomic E-state index is 11.5. The number of aliphatic hydroxyl groups is 2. The van der Waals surface area contributed by atoms with Crippen molar-refractivity contribution in [1.82, 2.24) is 0 Å². The molecule has 5 atom stereocenters. The number of methoxy groups -OCH3 is 1. The second-order valence-corrected chi connectivity index (χ2v) is 8.05. The van der Waals surface area contributed by atoms with Gasteiger partial charge in [-0.1, -0.05) is 54.6 Å². The molecule has 7 nitrogen and oxygen atoms in total. The van der Waals surface area contributed by atoms with Gasteiger partial charge in [0.05, 0.1) is 25.2 Å². The number of unbranched alkanes of at least 4 members (excludes halogenated alkanes) is 1. The third kappa shape index (κ3) is 8.26. The van der Waals surface area contributed by atoms with Crippen LogP contribution in [0.15, 0.2) is 54.6 Å². The Bertz CT molecular complexity index is 748. The lowest BCUT2D eigenvalue weighted by molar-refractivity contribution is -0.527. The van der Waals surface area contributed by atoms with Gasteiger partial charge < -0.3 is 14.9 Å². The summed E-state index contributed by atoms with van der Waals surface area (Å²) in [4.78, 5) is 22.3. The summed E-state index contributed by atoms with van der Waals surface area (Å²) in [6, 6.07) is 8.99. The Morgan fingerprint density at radius 2 is 2.06 bits per heavy atom. The van der Waals surface area contributed by atoms with Crippen LogP contribution in [-0.4, -0.2) is 46.5 Å². The van der Waals surface area contributed by atoms with Crippen LogP contribution in [0.4, 0.5) is 0 Å². The van der Waals surface area contributed by atoms with E-state index >= 15 is 0 Å². The van der Waals surface area contributed by atoms with E-state index in [0.717, 1.165) is 12.0 Å². The minimum atomic E-state index is -0.856. The quantitative estimate of drug-likeness (QED) is 0.172. The topological polar surface area (TPSA) is 110 Å². The molecular formula is C24H33NO6. The van der Waals surface area contributed by atoms with Gasteiger partial charge in [-0.25, -0.2) is 0 Å². The number of hydrogen-bond donors (Lipinski definition) is 2. The summed E-state index contributed by atoms with van der Waals surface area (Å²) >= 11 is 0. The summed E-state index contributed by atoms with van der Waals surface area (Å²) in [5, 5.41) is 32.2. The zero-order valence-corrected chi connectivity index (χ0v) is 18.0. The van der Waals surface area contributed by atoms with Gasteiger partial charge in [0.25, 0.3) is 0 Å². The van der Waals surface area contributed by atoms with E-state index < -0.39 is 24.2 Å². The first-order chi connectivity index (χ1) is 14.9. The molecule has 0 aromatic heterocycles. The number of benzene rings is 1. The van der Waals surface area contributed by atoms with Gasteiger partial charge in [0.2, 0.25) is 6.04 Å². The predicted molar refractivity (Wildman–Crippen MR) is 118 cm³/mol. The molecule has 1 aromatic rings. The molecule has 2 N–H and O–H groups in total. The van der Waals surface area contributed by atoms with E-state index in [0.29, 0.717) is 32.1 Å². The molecule has 0 bridgehead atoms. The normalized spacial score (nSPS) is 24.6. The number of aryl methyl sites for hydroxylation is 1. The zero-order chi connectivity index (χ0) is 22.6. The second-order valence-electron chi connectivity index (χ2n) is 8.05. The Morgan fingerprint density at radius 1 is 1.32 bits per heavy atom. The molecule has 170 valence electrons. The lowest BCUT2D eigenvalue weighted by atomic mass is 9.88. The average molecular weight is 432 g/mol. The van der Waals surface area contributed by atoms with Crippen molar-refractivity contribution in [1.29, 1.82) is 0 Å². The number of nitro groups is 1. The number of ether oxygens (including phenoxy) is 1.